The number of nitrogens with one attached hydrogen (secondary N) is 1. The number of hydrogen-bond donors (Lipinski definition) is 1. The number of hydrogen-bond acceptors (Lipinski definition) is 5. The molecule has 7 nitrogen and oxygen atoms in total. The molecule has 1 amide bonds. The number of fused-ring (bicyclic) bond motifs is 1. The van der Waals surface area contributed by atoms with Crippen LogP contribution in [0.3, 0.4) is 0 Å². The molecule has 0 aliphatic carbocycles. The molecule has 2 aromatic carbocycles. The SMILES string of the molecule is Cc1ccc(NS(=O)(=O)c2ccc3c(c2)sc(=O)n3CCC(=O)N2CCCC2)cc1Cl. The molecule has 0 spiro atoms. The standard InChI is InChI=1S/C21H22ClN3O4S2/c1-14-4-5-15(12-17(14)22)23-31(28,29)16-6-7-18-19(13-16)30-21(27)25(18)11-8-20(26)24-9-2-3-10-24/h4-7,12-13,23H,2-3,8-11H2,1H3. The monoisotopic (exact) mass is 479 g/mol. The molecule has 1 aliphatic rings. The molecule has 4 rings (SSSR count). The van der Waals surface area contributed by atoms with E-state index in [2.05, 4.69) is 4.72 Å². The summed E-state index contributed by atoms with van der Waals surface area (Å²) in [5.74, 6) is 0.0453. The molecule has 2 heterocycles. The van der Waals surface area contributed by atoms with E-state index in [-0.39, 0.29) is 28.6 Å². The number of anilines is 1. The van der Waals surface area contributed by atoms with Gasteiger partial charge in [0.15, 0.2) is 0 Å². The number of benzene rings is 2. The average Bonchev–Trinajstić information content (AvgIpc) is 3.36. The highest BCUT2D eigenvalue weighted by Gasteiger charge is 2.20. The second kappa shape index (κ2) is 8.64. The second-order valence-electron chi connectivity index (χ2n) is 7.56. The summed E-state index contributed by atoms with van der Waals surface area (Å²) in [4.78, 5) is 26.4. The zero-order valence-electron chi connectivity index (χ0n) is 16.9. The summed E-state index contributed by atoms with van der Waals surface area (Å²) in [6, 6.07) is 9.50. The van der Waals surface area contributed by atoms with E-state index < -0.39 is 10.0 Å². The molecular formula is C21H22ClN3O4S2. The fraction of sp³-hybridized carbons (Fsp3) is 0.333. The summed E-state index contributed by atoms with van der Waals surface area (Å²) in [6.45, 7) is 3.66. The van der Waals surface area contributed by atoms with E-state index in [1.54, 1.807) is 24.3 Å². The Balaban J connectivity index is 1.56. The predicted octanol–water partition coefficient (Wildman–Crippen LogP) is 3.84. The fourth-order valence-electron chi connectivity index (χ4n) is 3.63. The van der Waals surface area contributed by atoms with E-state index in [1.165, 1.54) is 16.7 Å². The van der Waals surface area contributed by atoms with Crippen molar-refractivity contribution in [3.63, 3.8) is 0 Å². The van der Waals surface area contributed by atoms with Gasteiger partial charge in [-0.1, -0.05) is 29.0 Å². The van der Waals surface area contributed by atoms with Gasteiger partial charge in [0.25, 0.3) is 10.0 Å². The molecule has 1 aliphatic heterocycles. The van der Waals surface area contributed by atoms with Crippen molar-refractivity contribution in [2.45, 2.75) is 37.6 Å². The van der Waals surface area contributed by atoms with Crippen LogP contribution in [-0.2, 0) is 21.4 Å². The van der Waals surface area contributed by atoms with Crippen molar-refractivity contribution < 1.29 is 13.2 Å². The number of likely N-dealkylation sites (tertiary alicyclic amines) is 1. The maximum Gasteiger partial charge on any atom is 0.308 e. The molecule has 1 aromatic heterocycles. The molecule has 31 heavy (non-hydrogen) atoms. The number of aryl methyl sites for hydroxylation is 2. The smallest absolute Gasteiger partial charge is 0.308 e. The summed E-state index contributed by atoms with van der Waals surface area (Å²) in [5.41, 5.74) is 1.84. The molecule has 0 radical (unpaired) electrons. The third-order valence-electron chi connectivity index (χ3n) is 5.38. The van der Waals surface area contributed by atoms with Gasteiger partial charge in [-0.05, 0) is 55.7 Å². The number of sulfonamides is 1. The number of amides is 1. The van der Waals surface area contributed by atoms with E-state index in [4.69, 9.17) is 11.6 Å². The van der Waals surface area contributed by atoms with Crippen molar-refractivity contribution in [3.05, 3.63) is 56.7 Å². The van der Waals surface area contributed by atoms with Crippen LogP contribution in [0.5, 0.6) is 0 Å². The van der Waals surface area contributed by atoms with Gasteiger partial charge in [-0.2, -0.15) is 0 Å². The summed E-state index contributed by atoms with van der Waals surface area (Å²) in [6.07, 6.45) is 2.29. The predicted molar refractivity (Wildman–Crippen MR) is 124 cm³/mol. The highest BCUT2D eigenvalue weighted by atomic mass is 35.5. The molecule has 10 heteroatoms. The van der Waals surface area contributed by atoms with Crippen LogP contribution >= 0.6 is 22.9 Å². The lowest BCUT2D eigenvalue weighted by Gasteiger charge is -2.15. The van der Waals surface area contributed by atoms with Crippen LogP contribution in [-0.4, -0.2) is 36.9 Å². The highest BCUT2D eigenvalue weighted by Crippen LogP contribution is 2.26. The Bertz CT molecular complexity index is 1310. The number of aromatic nitrogens is 1. The third-order valence-corrected chi connectivity index (χ3v) is 8.11. The lowest BCUT2D eigenvalue weighted by molar-refractivity contribution is -0.130. The number of nitrogens with zero attached hydrogens (tertiary/aromatic N) is 2. The van der Waals surface area contributed by atoms with Crippen LogP contribution in [0.1, 0.15) is 24.8 Å². The van der Waals surface area contributed by atoms with E-state index >= 15 is 0 Å². The quantitative estimate of drug-likeness (QED) is 0.581. The first-order chi connectivity index (χ1) is 14.7. The summed E-state index contributed by atoms with van der Waals surface area (Å²) >= 11 is 7.06. The van der Waals surface area contributed by atoms with Crippen LogP contribution in [0.25, 0.3) is 10.2 Å². The molecule has 0 atom stereocenters. The molecule has 3 aromatic rings. The number of halogens is 1. The normalized spacial score (nSPS) is 14.3. The zero-order valence-corrected chi connectivity index (χ0v) is 19.3. The van der Waals surface area contributed by atoms with Gasteiger partial charge < -0.3 is 4.90 Å². The lowest BCUT2D eigenvalue weighted by atomic mass is 10.2. The van der Waals surface area contributed by atoms with Gasteiger partial charge >= 0.3 is 4.87 Å². The molecule has 1 saturated heterocycles. The van der Waals surface area contributed by atoms with Crippen LogP contribution in [0.15, 0.2) is 46.1 Å². The molecule has 0 bridgehead atoms. The van der Waals surface area contributed by atoms with Crippen molar-refractivity contribution in [3.8, 4) is 0 Å². The number of thiazole rings is 1. The van der Waals surface area contributed by atoms with E-state index in [0.29, 0.717) is 20.9 Å². The topological polar surface area (TPSA) is 88.5 Å². The second-order valence-corrected chi connectivity index (χ2v) is 10.6. The maximum absolute atomic E-state index is 12.8. The van der Waals surface area contributed by atoms with Crippen LogP contribution in [0, 0.1) is 6.92 Å². The zero-order chi connectivity index (χ0) is 22.2. The number of carbonyl (C=O) groups is 1. The van der Waals surface area contributed by atoms with Gasteiger partial charge in [-0.3, -0.25) is 18.9 Å². The van der Waals surface area contributed by atoms with Crippen molar-refractivity contribution >= 4 is 54.8 Å². The highest BCUT2D eigenvalue weighted by molar-refractivity contribution is 7.92. The fourth-order valence-corrected chi connectivity index (χ4v) is 5.92. The Morgan fingerprint density at radius 3 is 2.61 bits per heavy atom. The average molecular weight is 480 g/mol. The first-order valence-electron chi connectivity index (χ1n) is 9.95. The molecule has 1 fully saturated rings. The minimum absolute atomic E-state index is 0.0453. The van der Waals surface area contributed by atoms with Gasteiger partial charge in [0.2, 0.25) is 5.91 Å². The Morgan fingerprint density at radius 1 is 1.16 bits per heavy atom. The largest absolute Gasteiger partial charge is 0.343 e. The van der Waals surface area contributed by atoms with Gasteiger partial charge in [0.05, 0.1) is 20.8 Å². The Kier molecular flexibility index (Phi) is 6.09. The number of carbonyl (C=O) groups excluding carboxylic acids is 1. The van der Waals surface area contributed by atoms with Gasteiger partial charge in [0, 0.05) is 31.1 Å². The van der Waals surface area contributed by atoms with Gasteiger partial charge in [0.1, 0.15) is 0 Å². The Labute approximate surface area is 189 Å². The van der Waals surface area contributed by atoms with Crippen LogP contribution < -0.4 is 9.60 Å². The summed E-state index contributed by atoms with van der Waals surface area (Å²) in [7, 11) is -3.85. The van der Waals surface area contributed by atoms with Crippen molar-refractivity contribution in [1.29, 1.82) is 0 Å². The first-order valence-corrected chi connectivity index (χ1v) is 12.6. The van der Waals surface area contributed by atoms with Crippen LogP contribution in [0.2, 0.25) is 5.02 Å². The molecule has 0 unspecified atom stereocenters. The van der Waals surface area contributed by atoms with Crippen molar-refractivity contribution in [1.82, 2.24) is 9.47 Å². The van der Waals surface area contributed by atoms with Crippen molar-refractivity contribution in [2.24, 2.45) is 0 Å². The Hall–Kier alpha value is -2.36. The van der Waals surface area contributed by atoms with Crippen molar-refractivity contribution in [2.75, 3.05) is 17.8 Å². The van der Waals surface area contributed by atoms with E-state index in [9.17, 15) is 18.0 Å². The maximum atomic E-state index is 12.8. The number of rotatable bonds is 6. The summed E-state index contributed by atoms with van der Waals surface area (Å²) < 4.78 is 30.2. The van der Waals surface area contributed by atoms with Gasteiger partial charge in [-0.15, -0.1) is 0 Å². The molecule has 1 N–H and O–H groups in total. The molecule has 0 saturated carbocycles. The van der Waals surface area contributed by atoms with E-state index in [0.717, 1.165) is 42.8 Å². The van der Waals surface area contributed by atoms with E-state index in [1.807, 2.05) is 11.8 Å². The lowest BCUT2D eigenvalue weighted by Crippen LogP contribution is -2.29. The third kappa shape index (κ3) is 4.63. The van der Waals surface area contributed by atoms with Crippen LogP contribution in [0.4, 0.5) is 5.69 Å². The molecule has 164 valence electrons. The van der Waals surface area contributed by atoms with Gasteiger partial charge in [-0.25, -0.2) is 8.42 Å². The minimum atomic E-state index is -3.85. The minimum Gasteiger partial charge on any atom is -0.343 e. The Morgan fingerprint density at radius 2 is 1.90 bits per heavy atom. The first kappa shape index (κ1) is 21.9. The molecular weight excluding hydrogens is 458 g/mol. The summed E-state index contributed by atoms with van der Waals surface area (Å²) in [5, 5.41) is 0.467.